The summed E-state index contributed by atoms with van der Waals surface area (Å²) in [5.41, 5.74) is 10.2. The molecule has 0 fully saturated rings. The number of aromatic hydroxyl groups is 1. The quantitative estimate of drug-likeness (QED) is 0.183. The van der Waals surface area contributed by atoms with Gasteiger partial charge in [-0.05, 0) is 52.4 Å². The minimum Gasteiger partial charge on any atom is -0.507 e. The smallest absolute Gasteiger partial charge is 0.230 e. The molecule has 2 aromatic heterocycles. The Labute approximate surface area is 265 Å². The molecule has 0 unspecified atom stereocenters. The van der Waals surface area contributed by atoms with Crippen molar-refractivity contribution in [3.8, 4) is 50.6 Å². The van der Waals surface area contributed by atoms with Gasteiger partial charge in [0.15, 0.2) is 0 Å². The molecule has 5 heteroatoms. The molecule has 0 saturated heterocycles. The number of para-hydroxylation sites is 2. The van der Waals surface area contributed by atoms with Crippen molar-refractivity contribution < 1.29 is 30.6 Å². The summed E-state index contributed by atoms with van der Waals surface area (Å²) in [6, 6.07) is 40.0. The Balaban J connectivity index is 0.00000329. The zero-order valence-corrected chi connectivity index (χ0v) is 26.3. The number of nitrogens with zero attached hydrogens (tertiary/aromatic N) is 2. The predicted octanol–water partition coefficient (Wildman–Crippen LogP) is 9.84. The topological polar surface area (TPSA) is 59.2 Å². The molecule has 0 bridgehead atoms. The third-order valence-electron chi connectivity index (χ3n) is 7.72. The Hall–Kier alpha value is -4.53. The first-order valence-corrected chi connectivity index (χ1v) is 14.1. The van der Waals surface area contributed by atoms with E-state index in [0.29, 0.717) is 17.0 Å². The van der Waals surface area contributed by atoms with Gasteiger partial charge in [0.2, 0.25) is 5.89 Å². The van der Waals surface area contributed by atoms with Crippen LogP contribution in [0.4, 0.5) is 0 Å². The van der Waals surface area contributed by atoms with E-state index in [9.17, 15) is 5.11 Å². The standard InChI is InChI=1S/C38H29N2O2.Pt/c1-38(2,3)27-22-31(35-32(23-27)28(19-20-39-35)24-11-5-4-6-12-24)26-14-9-13-25(21-26)29-16-10-18-34-36(29)40-37(42-34)30-15-7-8-17-33(30)41;/h4-20,22-23,41H,1-3H3;/q-1;. The average Bonchev–Trinajstić information content (AvgIpc) is 3.45. The van der Waals surface area contributed by atoms with Crippen LogP contribution in [0.5, 0.6) is 5.75 Å². The molecule has 4 nitrogen and oxygen atoms in total. The van der Waals surface area contributed by atoms with Crippen molar-refractivity contribution in [1.29, 1.82) is 0 Å². The van der Waals surface area contributed by atoms with Crippen molar-refractivity contribution in [3.05, 3.63) is 127 Å². The van der Waals surface area contributed by atoms with E-state index in [-0.39, 0.29) is 32.2 Å². The van der Waals surface area contributed by atoms with Crippen LogP contribution in [0.25, 0.3) is 66.8 Å². The van der Waals surface area contributed by atoms with Gasteiger partial charge in [0.1, 0.15) is 11.3 Å². The van der Waals surface area contributed by atoms with E-state index >= 15 is 0 Å². The van der Waals surface area contributed by atoms with Gasteiger partial charge in [0.05, 0.1) is 11.1 Å². The van der Waals surface area contributed by atoms with Crippen LogP contribution in [-0.4, -0.2) is 15.1 Å². The number of hydrogen-bond acceptors (Lipinski definition) is 4. The molecule has 2 heterocycles. The Morgan fingerprint density at radius 1 is 0.674 bits per heavy atom. The fourth-order valence-electron chi connectivity index (χ4n) is 5.48. The van der Waals surface area contributed by atoms with Gasteiger partial charge in [-0.3, -0.25) is 4.98 Å². The zero-order valence-electron chi connectivity index (χ0n) is 24.0. The van der Waals surface area contributed by atoms with Crippen LogP contribution in [-0.2, 0) is 26.5 Å². The SMILES string of the molecule is CC(C)(C)c1cc(-c2[c-]c(-c3cccc4oc(-c5ccccc5O)nc34)ccc2)c2nccc(-c3ccccc3)c2c1.[Pt]. The molecule has 7 aromatic rings. The molecule has 0 saturated carbocycles. The molecule has 0 aliphatic carbocycles. The third-order valence-corrected chi connectivity index (χ3v) is 7.72. The molecule has 0 radical (unpaired) electrons. The number of phenolic OH excluding ortho intramolecular Hbond substituents is 1. The maximum Gasteiger partial charge on any atom is 0.230 e. The van der Waals surface area contributed by atoms with Crippen LogP contribution in [0.2, 0.25) is 0 Å². The Kier molecular flexibility index (Phi) is 7.50. The van der Waals surface area contributed by atoms with E-state index in [0.717, 1.165) is 49.8 Å². The Bertz CT molecular complexity index is 2090. The largest absolute Gasteiger partial charge is 0.507 e. The van der Waals surface area contributed by atoms with Crippen LogP contribution in [0, 0.1) is 6.07 Å². The maximum absolute atomic E-state index is 10.4. The number of aromatic nitrogens is 2. The van der Waals surface area contributed by atoms with Crippen molar-refractivity contribution in [2.24, 2.45) is 0 Å². The summed E-state index contributed by atoms with van der Waals surface area (Å²) < 4.78 is 6.08. The van der Waals surface area contributed by atoms with Gasteiger partial charge in [-0.1, -0.05) is 92.6 Å². The molecule has 0 aliphatic rings. The van der Waals surface area contributed by atoms with Crippen LogP contribution in [0.1, 0.15) is 26.3 Å². The van der Waals surface area contributed by atoms with Gasteiger partial charge >= 0.3 is 0 Å². The van der Waals surface area contributed by atoms with E-state index in [1.54, 1.807) is 18.2 Å². The summed E-state index contributed by atoms with van der Waals surface area (Å²) in [7, 11) is 0. The predicted molar refractivity (Wildman–Crippen MR) is 170 cm³/mol. The summed E-state index contributed by atoms with van der Waals surface area (Å²) in [5, 5.41) is 11.5. The van der Waals surface area contributed by atoms with Crippen molar-refractivity contribution in [2.45, 2.75) is 26.2 Å². The Morgan fingerprint density at radius 3 is 2.14 bits per heavy atom. The molecule has 0 spiro atoms. The second-order valence-electron chi connectivity index (χ2n) is 11.6. The summed E-state index contributed by atoms with van der Waals surface area (Å²) >= 11 is 0. The Morgan fingerprint density at radius 2 is 1.37 bits per heavy atom. The number of fused-ring (bicyclic) bond motifs is 2. The fourth-order valence-corrected chi connectivity index (χ4v) is 5.48. The summed E-state index contributed by atoms with van der Waals surface area (Å²) in [6.07, 6.45) is 1.89. The number of pyridine rings is 1. The van der Waals surface area contributed by atoms with Crippen molar-refractivity contribution in [2.75, 3.05) is 0 Å². The third kappa shape index (κ3) is 5.28. The van der Waals surface area contributed by atoms with Crippen molar-refractivity contribution in [1.82, 2.24) is 9.97 Å². The molecular formula is C38H29N2O2Pt-. The van der Waals surface area contributed by atoms with E-state index in [1.807, 2.05) is 42.6 Å². The first kappa shape index (κ1) is 28.6. The molecule has 43 heavy (non-hydrogen) atoms. The van der Waals surface area contributed by atoms with Gasteiger partial charge in [-0.25, -0.2) is 4.98 Å². The summed E-state index contributed by atoms with van der Waals surface area (Å²) in [4.78, 5) is 9.70. The molecule has 0 aliphatic heterocycles. The van der Waals surface area contributed by atoms with Crippen LogP contribution in [0.15, 0.2) is 120 Å². The van der Waals surface area contributed by atoms with E-state index in [2.05, 4.69) is 81.4 Å². The monoisotopic (exact) mass is 740 g/mol. The van der Waals surface area contributed by atoms with Gasteiger partial charge in [-0.2, -0.15) is 0 Å². The van der Waals surface area contributed by atoms with Crippen LogP contribution in [0.3, 0.4) is 0 Å². The zero-order chi connectivity index (χ0) is 28.8. The molecular weight excluding hydrogens is 712 g/mol. The van der Waals surface area contributed by atoms with Gasteiger partial charge in [0, 0.05) is 38.2 Å². The second-order valence-corrected chi connectivity index (χ2v) is 11.6. The van der Waals surface area contributed by atoms with E-state index in [1.165, 1.54) is 5.56 Å². The fraction of sp³-hybridized carbons (Fsp3) is 0.105. The van der Waals surface area contributed by atoms with Crippen molar-refractivity contribution in [3.63, 3.8) is 0 Å². The first-order valence-electron chi connectivity index (χ1n) is 14.1. The van der Waals surface area contributed by atoms with Crippen LogP contribution < -0.4 is 0 Å². The van der Waals surface area contributed by atoms with Gasteiger partial charge in [0.25, 0.3) is 0 Å². The first-order chi connectivity index (χ1) is 20.4. The molecule has 7 rings (SSSR count). The molecule has 1 N–H and O–H groups in total. The molecule has 214 valence electrons. The normalized spacial score (nSPS) is 11.5. The van der Waals surface area contributed by atoms with Crippen LogP contribution >= 0.6 is 0 Å². The molecule has 5 aromatic carbocycles. The summed E-state index contributed by atoms with van der Waals surface area (Å²) in [6.45, 7) is 6.72. The minimum absolute atomic E-state index is 0. The van der Waals surface area contributed by atoms with Gasteiger partial charge < -0.3 is 9.52 Å². The average molecular weight is 741 g/mol. The molecule has 0 atom stereocenters. The second kappa shape index (κ2) is 11.3. The number of oxazole rings is 1. The summed E-state index contributed by atoms with van der Waals surface area (Å²) in [5.74, 6) is 0.514. The molecule has 0 amide bonds. The van der Waals surface area contributed by atoms with Gasteiger partial charge in [-0.15, -0.1) is 35.4 Å². The number of hydrogen-bond donors (Lipinski definition) is 1. The number of rotatable bonds is 4. The number of phenols is 1. The van der Waals surface area contributed by atoms with Crippen molar-refractivity contribution >= 4 is 22.0 Å². The van der Waals surface area contributed by atoms with E-state index in [4.69, 9.17) is 14.4 Å². The minimum atomic E-state index is -0.0595. The maximum atomic E-state index is 10.4. The number of benzene rings is 5. The van der Waals surface area contributed by atoms with E-state index < -0.39 is 0 Å².